The number of hydrogen-bond acceptors (Lipinski definition) is 4. The molecule has 2 rings (SSSR count). The molecular formula is C11H12N4. The Bertz CT molecular complexity index is 468. The van der Waals surface area contributed by atoms with E-state index in [4.69, 9.17) is 5.73 Å². The molecule has 0 unspecified atom stereocenters. The Morgan fingerprint density at radius 3 is 2.87 bits per heavy atom. The summed E-state index contributed by atoms with van der Waals surface area (Å²) in [5, 5.41) is 0. The maximum Gasteiger partial charge on any atom is 0.159 e. The molecule has 0 amide bonds. The molecule has 4 heteroatoms. The average molecular weight is 200 g/mol. The van der Waals surface area contributed by atoms with Gasteiger partial charge in [-0.25, -0.2) is 9.97 Å². The summed E-state index contributed by atoms with van der Waals surface area (Å²) in [6.07, 6.45) is 5.26. The van der Waals surface area contributed by atoms with Gasteiger partial charge in [-0.15, -0.1) is 0 Å². The van der Waals surface area contributed by atoms with Gasteiger partial charge in [0.1, 0.15) is 0 Å². The molecule has 0 aliphatic carbocycles. The van der Waals surface area contributed by atoms with Gasteiger partial charge in [-0.1, -0.05) is 0 Å². The van der Waals surface area contributed by atoms with Crippen LogP contribution >= 0.6 is 0 Å². The van der Waals surface area contributed by atoms with Gasteiger partial charge in [0.05, 0.1) is 5.69 Å². The van der Waals surface area contributed by atoms with Gasteiger partial charge < -0.3 is 5.73 Å². The third kappa shape index (κ3) is 1.99. The molecule has 2 aromatic heterocycles. The van der Waals surface area contributed by atoms with Crippen LogP contribution in [0.2, 0.25) is 0 Å². The van der Waals surface area contributed by atoms with E-state index in [0.29, 0.717) is 12.4 Å². The van der Waals surface area contributed by atoms with Crippen molar-refractivity contribution < 1.29 is 0 Å². The predicted molar refractivity (Wildman–Crippen MR) is 57.9 cm³/mol. The van der Waals surface area contributed by atoms with Crippen LogP contribution in [0, 0.1) is 6.92 Å². The molecule has 76 valence electrons. The Hall–Kier alpha value is -1.81. The van der Waals surface area contributed by atoms with Crippen molar-refractivity contribution in [3.63, 3.8) is 0 Å². The van der Waals surface area contributed by atoms with E-state index in [9.17, 15) is 0 Å². The number of pyridine rings is 1. The van der Waals surface area contributed by atoms with Gasteiger partial charge in [-0.05, 0) is 24.6 Å². The van der Waals surface area contributed by atoms with Crippen LogP contribution in [0.4, 0.5) is 0 Å². The molecule has 2 heterocycles. The molecule has 0 saturated carbocycles. The topological polar surface area (TPSA) is 64.7 Å². The fourth-order valence-electron chi connectivity index (χ4n) is 1.36. The molecule has 2 aromatic rings. The first-order valence-corrected chi connectivity index (χ1v) is 4.74. The minimum Gasteiger partial charge on any atom is -0.325 e. The Morgan fingerprint density at radius 1 is 1.27 bits per heavy atom. The van der Waals surface area contributed by atoms with Crippen LogP contribution in [0.25, 0.3) is 11.4 Å². The zero-order valence-electron chi connectivity index (χ0n) is 8.51. The zero-order valence-corrected chi connectivity index (χ0v) is 8.51. The number of aryl methyl sites for hydroxylation is 1. The highest BCUT2D eigenvalue weighted by molar-refractivity contribution is 5.58. The summed E-state index contributed by atoms with van der Waals surface area (Å²) in [5.41, 5.74) is 8.44. The first-order valence-electron chi connectivity index (χ1n) is 4.74. The standard InChI is InChI=1S/C11H12N4/c1-8-7-13-4-3-10(8)11-14-5-2-9(6-12)15-11/h2-5,7H,6,12H2,1H3. The molecule has 15 heavy (non-hydrogen) atoms. The molecule has 0 aromatic carbocycles. The van der Waals surface area contributed by atoms with Crippen LogP contribution in [0.5, 0.6) is 0 Å². The number of aromatic nitrogens is 3. The Balaban J connectivity index is 2.49. The lowest BCUT2D eigenvalue weighted by Crippen LogP contribution is -2.02. The summed E-state index contributed by atoms with van der Waals surface area (Å²) < 4.78 is 0. The first kappa shape index (κ1) is 9.73. The van der Waals surface area contributed by atoms with Crippen LogP contribution in [0.1, 0.15) is 11.3 Å². The van der Waals surface area contributed by atoms with Gasteiger partial charge in [-0.2, -0.15) is 0 Å². The second-order valence-corrected chi connectivity index (χ2v) is 3.27. The maximum atomic E-state index is 5.53. The molecule has 0 radical (unpaired) electrons. The number of rotatable bonds is 2. The molecule has 0 aliphatic rings. The number of nitrogens with zero attached hydrogens (tertiary/aromatic N) is 3. The molecule has 0 bridgehead atoms. The van der Waals surface area contributed by atoms with Crippen LogP contribution < -0.4 is 5.73 Å². The fourth-order valence-corrected chi connectivity index (χ4v) is 1.36. The van der Waals surface area contributed by atoms with E-state index in [1.807, 2.05) is 19.1 Å². The van der Waals surface area contributed by atoms with Gasteiger partial charge in [-0.3, -0.25) is 4.98 Å². The fraction of sp³-hybridized carbons (Fsp3) is 0.182. The third-order valence-corrected chi connectivity index (χ3v) is 2.18. The summed E-state index contributed by atoms with van der Waals surface area (Å²) >= 11 is 0. The minimum atomic E-state index is 0.430. The third-order valence-electron chi connectivity index (χ3n) is 2.18. The second-order valence-electron chi connectivity index (χ2n) is 3.27. The molecule has 0 fully saturated rings. The highest BCUT2D eigenvalue weighted by atomic mass is 14.9. The van der Waals surface area contributed by atoms with Gasteiger partial charge in [0, 0.05) is 30.7 Å². The molecule has 0 aliphatic heterocycles. The average Bonchev–Trinajstić information content (AvgIpc) is 2.30. The lowest BCUT2D eigenvalue weighted by Gasteiger charge is -2.04. The summed E-state index contributed by atoms with van der Waals surface area (Å²) in [7, 11) is 0. The quantitative estimate of drug-likeness (QED) is 0.793. The van der Waals surface area contributed by atoms with Crippen molar-refractivity contribution in [2.24, 2.45) is 5.73 Å². The number of nitrogens with two attached hydrogens (primary N) is 1. The van der Waals surface area contributed by atoms with Crippen molar-refractivity contribution in [2.45, 2.75) is 13.5 Å². The summed E-state index contributed by atoms with van der Waals surface area (Å²) in [5.74, 6) is 0.706. The van der Waals surface area contributed by atoms with E-state index >= 15 is 0 Å². The Labute approximate surface area is 88.2 Å². The normalized spacial score (nSPS) is 10.3. The van der Waals surface area contributed by atoms with E-state index in [0.717, 1.165) is 16.8 Å². The maximum absolute atomic E-state index is 5.53. The van der Waals surface area contributed by atoms with E-state index < -0.39 is 0 Å². The molecule has 4 nitrogen and oxygen atoms in total. The summed E-state index contributed by atoms with van der Waals surface area (Å²) in [6, 6.07) is 3.73. The highest BCUT2D eigenvalue weighted by Gasteiger charge is 2.04. The van der Waals surface area contributed by atoms with Gasteiger partial charge >= 0.3 is 0 Å². The van der Waals surface area contributed by atoms with Crippen molar-refractivity contribution in [3.05, 3.63) is 42.0 Å². The number of hydrogen-bond donors (Lipinski definition) is 1. The highest BCUT2D eigenvalue weighted by Crippen LogP contribution is 2.17. The molecule has 0 saturated heterocycles. The van der Waals surface area contributed by atoms with E-state index in [1.54, 1.807) is 18.6 Å². The first-order chi connectivity index (χ1) is 7.31. The van der Waals surface area contributed by atoms with Crippen molar-refractivity contribution in [1.29, 1.82) is 0 Å². The summed E-state index contributed by atoms with van der Waals surface area (Å²) in [6.45, 7) is 2.42. The van der Waals surface area contributed by atoms with Crippen molar-refractivity contribution in [1.82, 2.24) is 15.0 Å². The second kappa shape index (κ2) is 4.14. The largest absolute Gasteiger partial charge is 0.325 e. The minimum absolute atomic E-state index is 0.430. The van der Waals surface area contributed by atoms with Crippen LogP contribution in [0.3, 0.4) is 0 Å². The van der Waals surface area contributed by atoms with Crippen LogP contribution in [0.15, 0.2) is 30.7 Å². The van der Waals surface area contributed by atoms with Gasteiger partial charge in [0.2, 0.25) is 0 Å². The molecule has 0 spiro atoms. The van der Waals surface area contributed by atoms with Crippen LogP contribution in [-0.2, 0) is 6.54 Å². The smallest absolute Gasteiger partial charge is 0.159 e. The Morgan fingerprint density at radius 2 is 2.13 bits per heavy atom. The van der Waals surface area contributed by atoms with E-state index in [1.165, 1.54) is 0 Å². The van der Waals surface area contributed by atoms with Gasteiger partial charge in [0.15, 0.2) is 5.82 Å². The molecular weight excluding hydrogens is 188 g/mol. The van der Waals surface area contributed by atoms with E-state index in [2.05, 4.69) is 15.0 Å². The predicted octanol–water partition coefficient (Wildman–Crippen LogP) is 1.31. The monoisotopic (exact) mass is 200 g/mol. The van der Waals surface area contributed by atoms with E-state index in [-0.39, 0.29) is 0 Å². The Kier molecular flexibility index (Phi) is 2.69. The zero-order chi connectivity index (χ0) is 10.7. The SMILES string of the molecule is Cc1cnccc1-c1nccc(CN)n1. The summed E-state index contributed by atoms with van der Waals surface area (Å²) in [4.78, 5) is 12.6. The molecule has 2 N–H and O–H groups in total. The lowest BCUT2D eigenvalue weighted by molar-refractivity contribution is 0.968. The van der Waals surface area contributed by atoms with Crippen LogP contribution in [-0.4, -0.2) is 15.0 Å². The molecule has 0 atom stereocenters. The van der Waals surface area contributed by atoms with Crippen molar-refractivity contribution in [3.8, 4) is 11.4 Å². The van der Waals surface area contributed by atoms with Crippen molar-refractivity contribution in [2.75, 3.05) is 0 Å². The lowest BCUT2D eigenvalue weighted by atomic mass is 10.1. The van der Waals surface area contributed by atoms with Gasteiger partial charge in [0.25, 0.3) is 0 Å². The van der Waals surface area contributed by atoms with Crippen molar-refractivity contribution >= 4 is 0 Å².